The van der Waals surface area contributed by atoms with E-state index >= 15 is 0 Å². The number of fused-ring (bicyclic) bond motifs is 1. The van der Waals surface area contributed by atoms with Gasteiger partial charge in [-0.1, -0.05) is 0 Å². The summed E-state index contributed by atoms with van der Waals surface area (Å²) >= 11 is 0. The average molecular weight is 433 g/mol. The Morgan fingerprint density at radius 1 is 1.29 bits per heavy atom. The molecular formula is C20H22F3N7O. The van der Waals surface area contributed by atoms with E-state index in [2.05, 4.69) is 30.7 Å². The number of rotatable bonds is 5. The van der Waals surface area contributed by atoms with E-state index in [1.807, 2.05) is 0 Å². The SMILES string of the molecule is COc1cc2ncc(-c3ccnc(NC4CNCCC4F)n3)n2nc1C1CC(F)(F)C1. The molecule has 1 saturated heterocycles. The predicted octanol–water partition coefficient (Wildman–Crippen LogP) is 2.82. The van der Waals surface area contributed by atoms with Gasteiger partial charge in [-0.2, -0.15) is 5.10 Å². The summed E-state index contributed by atoms with van der Waals surface area (Å²) in [6.07, 6.45) is 2.11. The van der Waals surface area contributed by atoms with E-state index in [1.165, 1.54) is 7.11 Å². The number of hydrogen-bond donors (Lipinski definition) is 2. The Hall–Kier alpha value is -2.95. The van der Waals surface area contributed by atoms with Gasteiger partial charge in [-0.25, -0.2) is 32.6 Å². The molecule has 164 valence electrons. The number of imidazole rings is 1. The molecule has 2 atom stereocenters. The van der Waals surface area contributed by atoms with Crippen LogP contribution in [0.15, 0.2) is 24.5 Å². The van der Waals surface area contributed by atoms with Crippen LogP contribution in [0.5, 0.6) is 5.75 Å². The Kier molecular flexibility index (Phi) is 4.92. The fourth-order valence-corrected chi connectivity index (χ4v) is 4.09. The number of alkyl halides is 3. The molecule has 2 unspecified atom stereocenters. The third-order valence-electron chi connectivity index (χ3n) is 5.81. The maximum atomic E-state index is 14.2. The van der Waals surface area contributed by atoms with E-state index in [0.717, 1.165) is 0 Å². The quantitative estimate of drug-likeness (QED) is 0.640. The summed E-state index contributed by atoms with van der Waals surface area (Å²) in [6, 6.07) is 2.97. The lowest BCUT2D eigenvalue weighted by Crippen LogP contribution is -2.46. The van der Waals surface area contributed by atoms with Crippen molar-refractivity contribution in [2.75, 3.05) is 25.5 Å². The van der Waals surface area contributed by atoms with Crippen LogP contribution >= 0.6 is 0 Å². The lowest BCUT2D eigenvalue weighted by molar-refractivity contribution is -0.0881. The fraction of sp³-hybridized carbons (Fsp3) is 0.500. The van der Waals surface area contributed by atoms with Crippen LogP contribution in [0.2, 0.25) is 0 Å². The van der Waals surface area contributed by atoms with Gasteiger partial charge in [-0.3, -0.25) is 0 Å². The van der Waals surface area contributed by atoms with Gasteiger partial charge in [0.05, 0.1) is 25.0 Å². The molecule has 31 heavy (non-hydrogen) atoms. The number of anilines is 1. The van der Waals surface area contributed by atoms with Crippen molar-refractivity contribution in [2.24, 2.45) is 0 Å². The summed E-state index contributed by atoms with van der Waals surface area (Å²) in [5.74, 6) is -2.31. The Morgan fingerprint density at radius 3 is 2.87 bits per heavy atom. The minimum absolute atomic E-state index is 0.257. The van der Waals surface area contributed by atoms with Gasteiger partial charge in [0.2, 0.25) is 11.9 Å². The van der Waals surface area contributed by atoms with Crippen LogP contribution in [-0.4, -0.2) is 62.9 Å². The molecule has 3 aromatic heterocycles. The minimum Gasteiger partial charge on any atom is -0.495 e. The van der Waals surface area contributed by atoms with Crippen LogP contribution in [0.3, 0.4) is 0 Å². The highest BCUT2D eigenvalue weighted by molar-refractivity contribution is 5.61. The number of aromatic nitrogens is 5. The lowest BCUT2D eigenvalue weighted by atomic mass is 9.79. The van der Waals surface area contributed by atoms with Crippen molar-refractivity contribution in [2.45, 2.75) is 43.3 Å². The molecule has 0 amide bonds. The highest BCUT2D eigenvalue weighted by Crippen LogP contribution is 2.49. The molecule has 0 spiro atoms. The molecule has 0 radical (unpaired) electrons. The summed E-state index contributed by atoms with van der Waals surface area (Å²) in [5, 5.41) is 10.8. The first kappa shape index (κ1) is 20.0. The third-order valence-corrected chi connectivity index (χ3v) is 5.81. The summed E-state index contributed by atoms with van der Waals surface area (Å²) in [5.41, 5.74) is 2.09. The molecule has 11 heteroatoms. The average Bonchev–Trinajstić information content (AvgIpc) is 3.16. The van der Waals surface area contributed by atoms with E-state index in [-0.39, 0.29) is 18.8 Å². The van der Waals surface area contributed by atoms with Crippen LogP contribution in [0, 0.1) is 0 Å². The first-order valence-corrected chi connectivity index (χ1v) is 10.2. The molecular weight excluding hydrogens is 411 g/mol. The number of piperidine rings is 1. The number of nitrogens with zero attached hydrogens (tertiary/aromatic N) is 5. The third kappa shape index (κ3) is 3.78. The number of halogens is 3. The summed E-state index contributed by atoms with van der Waals surface area (Å²) in [4.78, 5) is 13.1. The summed E-state index contributed by atoms with van der Waals surface area (Å²) in [7, 11) is 1.48. The molecule has 2 aliphatic rings. The second-order valence-electron chi connectivity index (χ2n) is 8.00. The summed E-state index contributed by atoms with van der Waals surface area (Å²) in [6.45, 7) is 1.13. The maximum absolute atomic E-state index is 14.2. The van der Waals surface area contributed by atoms with E-state index in [0.29, 0.717) is 53.9 Å². The van der Waals surface area contributed by atoms with Crippen LogP contribution in [0.1, 0.15) is 30.9 Å². The Morgan fingerprint density at radius 2 is 2.13 bits per heavy atom. The van der Waals surface area contributed by atoms with Gasteiger partial charge in [-0.05, 0) is 19.0 Å². The number of nitrogens with one attached hydrogen (secondary N) is 2. The van der Waals surface area contributed by atoms with Crippen molar-refractivity contribution >= 4 is 11.6 Å². The summed E-state index contributed by atoms with van der Waals surface area (Å²) < 4.78 is 48.0. The van der Waals surface area contributed by atoms with Crippen molar-refractivity contribution in [3.8, 4) is 17.1 Å². The van der Waals surface area contributed by atoms with Gasteiger partial charge in [-0.15, -0.1) is 0 Å². The van der Waals surface area contributed by atoms with Gasteiger partial charge < -0.3 is 15.4 Å². The molecule has 0 aromatic carbocycles. The zero-order valence-corrected chi connectivity index (χ0v) is 16.9. The molecule has 2 fully saturated rings. The van der Waals surface area contributed by atoms with Crippen molar-refractivity contribution in [3.63, 3.8) is 0 Å². The Bertz CT molecular complexity index is 1100. The highest BCUT2D eigenvalue weighted by atomic mass is 19.3. The first-order valence-electron chi connectivity index (χ1n) is 10.2. The number of ether oxygens (including phenoxy) is 1. The molecule has 3 aromatic rings. The van der Waals surface area contributed by atoms with Crippen LogP contribution in [-0.2, 0) is 0 Å². The van der Waals surface area contributed by atoms with Crippen molar-refractivity contribution in [1.29, 1.82) is 0 Å². The van der Waals surface area contributed by atoms with Crippen molar-refractivity contribution in [3.05, 3.63) is 30.2 Å². The Labute approximate surface area is 176 Å². The molecule has 2 N–H and O–H groups in total. The topological polar surface area (TPSA) is 89.3 Å². The van der Waals surface area contributed by atoms with Gasteiger partial charge in [0, 0.05) is 37.6 Å². The molecule has 5 rings (SSSR count). The molecule has 8 nitrogen and oxygen atoms in total. The second-order valence-corrected chi connectivity index (χ2v) is 8.00. The molecule has 0 bridgehead atoms. The lowest BCUT2D eigenvalue weighted by Gasteiger charge is -2.34. The van der Waals surface area contributed by atoms with Gasteiger partial charge in [0.15, 0.2) is 5.65 Å². The fourth-order valence-electron chi connectivity index (χ4n) is 4.09. The van der Waals surface area contributed by atoms with Crippen LogP contribution < -0.4 is 15.4 Å². The number of methoxy groups -OCH3 is 1. The monoisotopic (exact) mass is 433 g/mol. The van der Waals surface area contributed by atoms with Crippen molar-refractivity contribution < 1.29 is 17.9 Å². The largest absolute Gasteiger partial charge is 0.495 e. The van der Waals surface area contributed by atoms with Gasteiger partial charge in [0.25, 0.3) is 0 Å². The molecule has 4 heterocycles. The van der Waals surface area contributed by atoms with Crippen molar-refractivity contribution in [1.82, 2.24) is 29.9 Å². The maximum Gasteiger partial charge on any atom is 0.249 e. The van der Waals surface area contributed by atoms with E-state index in [4.69, 9.17) is 4.74 Å². The number of hydrogen-bond acceptors (Lipinski definition) is 7. The molecule has 1 aliphatic heterocycles. The van der Waals surface area contributed by atoms with Gasteiger partial charge in [0.1, 0.15) is 23.3 Å². The zero-order valence-electron chi connectivity index (χ0n) is 16.9. The van der Waals surface area contributed by atoms with Crippen LogP contribution in [0.25, 0.3) is 17.0 Å². The van der Waals surface area contributed by atoms with E-state index in [9.17, 15) is 13.2 Å². The minimum atomic E-state index is -2.67. The smallest absolute Gasteiger partial charge is 0.249 e. The molecule has 1 aliphatic carbocycles. The predicted molar refractivity (Wildman–Crippen MR) is 107 cm³/mol. The standard InChI is InChI=1S/C20H22F3N7O/c1-31-16-6-17-26-10-15(30(17)29-18(16)11-7-20(22,23)8-11)13-3-5-25-19(27-13)28-14-9-24-4-2-12(14)21/h3,5-6,10-12,14,24H,2,4,7-9H2,1H3,(H,25,27,28). The molecule has 1 saturated carbocycles. The van der Waals surface area contributed by atoms with E-state index < -0.39 is 18.1 Å². The first-order chi connectivity index (χ1) is 14.9. The normalized spacial score (nSPS) is 23.5. The van der Waals surface area contributed by atoms with E-state index in [1.54, 1.807) is 29.0 Å². The highest BCUT2D eigenvalue weighted by Gasteiger charge is 2.47. The Balaban J connectivity index is 1.47. The van der Waals surface area contributed by atoms with Crippen LogP contribution in [0.4, 0.5) is 19.1 Å². The second kappa shape index (κ2) is 7.63. The van der Waals surface area contributed by atoms with Gasteiger partial charge >= 0.3 is 0 Å². The zero-order chi connectivity index (χ0) is 21.6.